The number of aliphatic hydroxyl groups is 1. The molecule has 0 radical (unpaired) electrons. The molecule has 1 aromatic carbocycles. The van der Waals surface area contributed by atoms with Crippen LogP contribution in [-0.2, 0) is 21.1 Å². The number of fused-ring (bicyclic) bond motifs is 1. The van der Waals surface area contributed by atoms with Crippen molar-refractivity contribution in [2.24, 2.45) is 0 Å². The van der Waals surface area contributed by atoms with E-state index < -0.39 is 17.9 Å². The van der Waals surface area contributed by atoms with E-state index in [0.717, 1.165) is 11.3 Å². The van der Waals surface area contributed by atoms with Gasteiger partial charge in [0.1, 0.15) is 11.6 Å². The van der Waals surface area contributed by atoms with Crippen molar-refractivity contribution in [3.63, 3.8) is 0 Å². The highest BCUT2D eigenvalue weighted by molar-refractivity contribution is 7.98. The Kier molecular flexibility index (Phi) is 5.05. The Morgan fingerprint density at radius 3 is 2.72 bits per heavy atom. The van der Waals surface area contributed by atoms with Crippen LogP contribution in [-0.4, -0.2) is 39.4 Å². The predicted octanol–water partition coefficient (Wildman–Crippen LogP) is 1.19. The number of aromatic nitrogens is 2. The first-order valence-corrected chi connectivity index (χ1v) is 8.83. The SMILES string of the molecule is C[C@@H](O)CNC(=O)C(=O)Nc1c2c(nn1-c1ccc(F)cc1)CSC2. The Morgan fingerprint density at radius 2 is 2.04 bits per heavy atom. The van der Waals surface area contributed by atoms with Gasteiger partial charge in [0.2, 0.25) is 0 Å². The number of anilines is 1. The molecule has 25 heavy (non-hydrogen) atoms. The van der Waals surface area contributed by atoms with Crippen LogP contribution in [0.2, 0.25) is 0 Å². The summed E-state index contributed by atoms with van der Waals surface area (Å²) in [6.07, 6.45) is -0.748. The molecule has 0 aliphatic carbocycles. The maximum Gasteiger partial charge on any atom is 0.314 e. The van der Waals surface area contributed by atoms with E-state index in [1.807, 2.05) is 0 Å². The van der Waals surface area contributed by atoms with Gasteiger partial charge in [0.05, 0.1) is 17.5 Å². The van der Waals surface area contributed by atoms with E-state index in [1.54, 1.807) is 23.9 Å². The van der Waals surface area contributed by atoms with Crippen molar-refractivity contribution in [1.29, 1.82) is 0 Å². The Bertz CT molecular complexity index is 804. The van der Waals surface area contributed by atoms with Gasteiger partial charge in [0, 0.05) is 23.6 Å². The standard InChI is InChI=1S/C16H17FN4O3S/c1-9(22)6-18-15(23)16(24)19-14-12-7-25-8-13(12)20-21(14)11-4-2-10(17)3-5-11/h2-5,9,22H,6-8H2,1H3,(H,18,23)(H,19,24)/t9-/m1/s1. The summed E-state index contributed by atoms with van der Waals surface area (Å²) in [5, 5.41) is 18.6. The van der Waals surface area contributed by atoms with Crippen LogP contribution < -0.4 is 10.6 Å². The van der Waals surface area contributed by atoms with Gasteiger partial charge >= 0.3 is 11.8 Å². The van der Waals surface area contributed by atoms with E-state index in [2.05, 4.69) is 15.7 Å². The zero-order chi connectivity index (χ0) is 18.0. The maximum absolute atomic E-state index is 13.2. The second-order valence-corrected chi connectivity index (χ2v) is 6.65. The molecular formula is C16H17FN4O3S. The molecule has 2 aromatic rings. The van der Waals surface area contributed by atoms with Crippen LogP contribution in [0.15, 0.2) is 24.3 Å². The molecule has 0 saturated heterocycles. The molecule has 1 atom stereocenters. The summed E-state index contributed by atoms with van der Waals surface area (Å²) in [6, 6.07) is 5.71. The first-order chi connectivity index (χ1) is 12.0. The molecule has 2 heterocycles. The van der Waals surface area contributed by atoms with Crippen LogP contribution in [0, 0.1) is 5.82 Å². The number of halogens is 1. The summed E-state index contributed by atoms with van der Waals surface area (Å²) >= 11 is 1.66. The molecule has 0 saturated carbocycles. The van der Waals surface area contributed by atoms with Crippen LogP contribution >= 0.6 is 11.8 Å². The fraction of sp³-hybridized carbons (Fsp3) is 0.312. The third kappa shape index (κ3) is 3.83. The van der Waals surface area contributed by atoms with E-state index in [9.17, 15) is 19.1 Å². The van der Waals surface area contributed by atoms with Gasteiger partial charge in [0.15, 0.2) is 0 Å². The average molecular weight is 364 g/mol. The average Bonchev–Trinajstić information content (AvgIpc) is 3.16. The highest BCUT2D eigenvalue weighted by Crippen LogP contribution is 2.36. The highest BCUT2D eigenvalue weighted by Gasteiger charge is 2.26. The Labute approximate surface area is 147 Å². The smallest absolute Gasteiger partial charge is 0.314 e. The topological polar surface area (TPSA) is 96.2 Å². The number of thioether (sulfide) groups is 1. The van der Waals surface area contributed by atoms with E-state index in [4.69, 9.17) is 0 Å². The molecule has 0 unspecified atom stereocenters. The molecule has 1 aromatic heterocycles. The van der Waals surface area contributed by atoms with E-state index in [1.165, 1.54) is 23.7 Å². The summed E-state index contributed by atoms with van der Waals surface area (Å²) in [7, 11) is 0. The van der Waals surface area contributed by atoms with Crippen molar-refractivity contribution < 1.29 is 19.1 Å². The number of benzene rings is 1. The number of hydrogen-bond donors (Lipinski definition) is 3. The largest absolute Gasteiger partial charge is 0.392 e. The summed E-state index contributed by atoms with van der Waals surface area (Å²) < 4.78 is 14.7. The first-order valence-electron chi connectivity index (χ1n) is 7.67. The number of nitrogens with one attached hydrogen (secondary N) is 2. The monoisotopic (exact) mass is 364 g/mol. The summed E-state index contributed by atoms with van der Waals surface area (Å²) in [5.41, 5.74) is 2.26. The molecule has 3 rings (SSSR count). The normalized spacial score (nSPS) is 14.0. The Morgan fingerprint density at radius 1 is 1.32 bits per heavy atom. The third-order valence-corrected chi connectivity index (χ3v) is 4.59. The number of rotatable bonds is 4. The molecule has 0 bridgehead atoms. The number of hydrogen-bond acceptors (Lipinski definition) is 5. The minimum absolute atomic E-state index is 0.0164. The van der Waals surface area contributed by atoms with Crippen molar-refractivity contribution in [1.82, 2.24) is 15.1 Å². The maximum atomic E-state index is 13.2. The summed E-state index contributed by atoms with van der Waals surface area (Å²) in [4.78, 5) is 24.0. The zero-order valence-corrected chi connectivity index (χ0v) is 14.3. The molecule has 1 aliphatic rings. The molecule has 1 aliphatic heterocycles. The van der Waals surface area contributed by atoms with Gasteiger partial charge in [-0.15, -0.1) is 0 Å². The van der Waals surface area contributed by atoms with Crippen LogP contribution in [0.4, 0.5) is 10.2 Å². The zero-order valence-electron chi connectivity index (χ0n) is 13.5. The van der Waals surface area contributed by atoms with E-state index in [-0.39, 0.29) is 12.4 Å². The van der Waals surface area contributed by atoms with Crippen molar-refractivity contribution in [3.8, 4) is 5.69 Å². The Balaban J connectivity index is 1.86. The van der Waals surface area contributed by atoms with Crippen LogP contribution in [0.3, 0.4) is 0 Å². The molecule has 9 heteroatoms. The van der Waals surface area contributed by atoms with E-state index >= 15 is 0 Å². The lowest BCUT2D eigenvalue weighted by Gasteiger charge is -2.11. The minimum Gasteiger partial charge on any atom is -0.392 e. The van der Waals surface area contributed by atoms with Crippen molar-refractivity contribution in [2.75, 3.05) is 11.9 Å². The molecular weight excluding hydrogens is 347 g/mol. The Hall–Kier alpha value is -2.39. The second kappa shape index (κ2) is 7.24. The van der Waals surface area contributed by atoms with Crippen LogP contribution in [0.25, 0.3) is 5.69 Å². The third-order valence-electron chi connectivity index (χ3n) is 3.62. The van der Waals surface area contributed by atoms with E-state index in [0.29, 0.717) is 23.0 Å². The number of carbonyl (C=O) groups excluding carboxylic acids is 2. The molecule has 7 nitrogen and oxygen atoms in total. The van der Waals surface area contributed by atoms with Crippen LogP contribution in [0.5, 0.6) is 0 Å². The van der Waals surface area contributed by atoms with Gasteiger partial charge in [-0.1, -0.05) is 0 Å². The van der Waals surface area contributed by atoms with Gasteiger partial charge < -0.3 is 15.7 Å². The van der Waals surface area contributed by atoms with Crippen LogP contribution in [0.1, 0.15) is 18.2 Å². The molecule has 0 fully saturated rings. The number of carbonyl (C=O) groups is 2. The fourth-order valence-electron chi connectivity index (χ4n) is 2.40. The highest BCUT2D eigenvalue weighted by atomic mass is 32.2. The van der Waals surface area contributed by atoms with Gasteiger partial charge in [-0.3, -0.25) is 9.59 Å². The lowest BCUT2D eigenvalue weighted by molar-refractivity contribution is -0.136. The lowest BCUT2D eigenvalue weighted by Crippen LogP contribution is -2.39. The van der Waals surface area contributed by atoms with Gasteiger partial charge in [-0.25, -0.2) is 9.07 Å². The quantitative estimate of drug-likeness (QED) is 0.709. The number of aliphatic hydroxyl groups excluding tert-OH is 1. The van der Waals surface area contributed by atoms with Crippen molar-refractivity contribution >= 4 is 29.4 Å². The second-order valence-electron chi connectivity index (χ2n) is 5.67. The van der Waals surface area contributed by atoms with Gasteiger partial charge in [-0.2, -0.15) is 16.9 Å². The first kappa shape index (κ1) is 17.4. The lowest BCUT2D eigenvalue weighted by atomic mass is 10.2. The molecule has 132 valence electrons. The van der Waals surface area contributed by atoms with Crippen molar-refractivity contribution in [2.45, 2.75) is 24.5 Å². The fourth-order valence-corrected chi connectivity index (χ4v) is 3.43. The predicted molar refractivity (Wildman–Crippen MR) is 91.8 cm³/mol. The molecule has 0 spiro atoms. The summed E-state index contributed by atoms with van der Waals surface area (Å²) in [6.45, 7) is 1.49. The number of nitrogens with zero attached hydrogens (tertiary/aromatic N) is 2. The summed E-state index contributed by atoms with van der Waals surface area (Å²) in [5.74, 6) is -0.274. The van der Waals surface area contributed by atoms with Gasteiger partial charge in [0.25, 0.3) is 0 Å². The molecule has 3 N–H and O–H groups in total. The minimum atomic E-state index is -0.844. The molecule has 2 amide bonds. The number of amides is 2. The van der Waals surface area contributed by atoms with Crippen molar-refractivity contribution in [3.05, 3.63) is 41.3 Å². The van der Waals surface area contributed by atoms with Gasteiger partial charge in [-0.05, 0) is 31.2 Å².